The van der Waals surface area contributed by atoms with E-state index in [1.165, 1.54) is 6.92 Å². The Bertz CT molecular complexity index is 258. The van der Waals surface area contributed by atoms with Crippen LogP contribution in [0.2, 0.25) is 0 Å². The van der Waals surface area contributed by atoms with Crippen LogP contribution in [0.1, 0.15) is 26.7 Å². The van der Waals surface area contributed by atoms with Gasteiger partial charge in [0, 0.05) is 20.0 Å². The summed E-state index contributed by atoms with van der Waals surface area (Å²) in [6, 6.07) is 1.95. The average Bonchev–Trinajstić information content (AvgIpc) is 2.20. The summed E-state index contributed by atoms with van der Waals surface area (Å²) < 4.78 is 0. The van der Waals surface area contributed by atoms with Crippen LogP contribution in [0.3, 0.4) is 0 Å². The van der Waals surface area contributed by atoms with E-state index >= 15 is 0 Å². The molecule has 84 valence electrons. The van der Waals surface area contributed by atoms with E-state index in [4.69, 9.17) is 5.26 Å². The summed E-state index contributed by atoms with van der Waals surface area (Å²) in [5.74, 6) is -0.966. The van der Waals surface area contributed by atoms with Crippen LogP contribution < -0.4 is 10.6 Å². The molecule has 0 saturated carbocycles. The highest BCUT2D eigenvalue weighted by atomic mass is 16.2. The monoisotopic (exact) mass is 211 g/mol. The SMILES string of the molecule is CCCC(C#N)C(=O)NCCNC(C)=O. The van der Waals surface area contributed by atoms with Crippen molar-refractivity contribution >= 4 is 11.8 Å². The van der Waals surface area contributed by atoms with E-state index in [2.05, 4.69) is 10.6 Å². The summed E-state index contributed by atoms with van der Waals surface area (Å²) >= 11 is 0. The lowest BCUT2D eigenvalue weighted by Crippen LogP contribution is -2.36. The van der Waals surface area contributed by atoms with Crippen LogP contribution >= 0.6 is 0 Å². The minimum Gasteiger partial charge on any atom is -0.355 e. The summed E-state index contributed by atoms with van der Waals surface area (Å²) in [6.45, 7) is 4.09. The number of nitrogens with zero attached hydrogens (tertiary/aromatic N) is 1. The molecule has 2 amide bonds. The van der Waals surface area contributed by atoms with Crippen LogP contribution in [0, 0.1) is 17.2 Å². The maximum absolute atomic E-state index is 11.4. The molecule has 0 aromatic heterocycles. The van der Waals surface area contributed by atoms with Gasteiger partial charge >= 0.3 is 0 Å². The zero-order valence-electron chi connectivity index (χ0n) is 9.17. The molecule has 0 spiro atoms. The van der Waals surface area contributed by atoms with Gasteiger partial charge in [0.05, 0.1) is 6.07 Å². The smallest absolute Gasteiger partial charge is 0.237 e. The van der Waals surface area contributed by atoms with E-state index < -0.39 is 5.92 Å². The third kappa shape index (κ3) is 6.49. The molecule has 0 fully saturated rings. The van der Waals surface area contributed by atoms with Crippen molar-refractivity contribution in [3.63, 3.8) is 0 Å². The second kappa shape index (κ2) is 7.80. The van der Waals surface area contributed by atoms with Crippen molar-refractivity contribution in [2.75, 3.05) is 13.1 Å². The third-order valence-electron chi connectivity index (χ3n) is 1.85. The second-order valence-electron chi connectivity index (χ2n) is 3.24. The zero-order chi connectivity index (χ0) is 11.7. The quantitative estimate of drug-likeness (QED) is 0.615. The zero-order valence-corrected chi connectivity index (χ0v) is 9.17. The fourth-order valence-corrected chi connectivity index (χ4v) is 1.09. The highest BCUT2D eigenvalue weighted by molar-refractivity contribution is 5.81. The Labute approximate surface area is 89.8 Å². The molecule has 0 aliphatic heterocycles. The Hall–Kier alpha value is -1.57. The van der Waals surface area contributed by atoms with Gasteiger partial charge in [-0.05, 0) is 6.42 Å². The van der Waals surface area contributed by atoms with Crippen LogP contribution in [0.25, 0.3) is 0 Å². The van der Waals surface area contributed by atoms with Gasteiger partial charge in [-0.3, -0.25) is 9.59 Å². The predicted molar refractivity (Wildman–Crippen MR) is 55.7 cm³/mol. The maximum atomic E-state index is 11.4. The molecule has 0 aliphatic carbocycles. The summed E-state index contributed by atoms with van der Waals surface area (Å²) in [5.41, 5.74) is 0. The van der Waals surface area contributed by atoms with Crippen molar-refractivity contribution in [3.8, 4) is 6.07 Å². The maximum Gasteiger partial charge on any atom is 0.237 e. The molecule has 5 nitrogen and oxygen atoms in total. The lowest BCUT2D eigenvalue weighted by molar-refractivity contribution is -0.124. The van der Waals surface area contributed by atoms with Gasteiger partial charge in [-0.15, -0.1) is 0 Å². The lowest BCUT2D eigenvalue weighted by Gasteiger charge is -2.09. The second-order valence-corrected chi connectivity index (χ2v) is 3.24. The van der Waals surface area contributed by atoms with Crippen molar-refractivity contribution in [3.05, 3.63) is 0 Å². The number of carbonyl (C=O) groups is 2. The van der Waals surface area contributed by atoms with Gasteiger partial charge in [0.2, 0.25) is 11.8 Å². The van der Waals surface area contributed by atoms with Gasteiger partial charge in [-0.25, -0.2) is 0 Å². The number of nitrogens with one attached hydrogen (secondary N) is 2. The van der Waals surface area contributed by atoms with Crippen LogP contribution in [-0.2, 0) is 9.59 Å². The van der Waals surface area contributed by atoms with Crippen LogP contribution in [-0.4, -0.2) is 24.9 Å². The molecular formula is C10H17N3O2. The first-order chi connectivity index (χ1) is 7.11. The topological polar surface area (TPSA) is 82.0 Å². The number of hydrogen-bond donors (Lipinski definition) is 2. The minimum atomic E-state index is -0.577. The first-order valence-electron chi connectivity index (χ1n) is 5.03. The lowest BCUT2D eigenvalue weighted by atomic mass is 10.1. The van der Waals surface area contributed by atoms with Crippen LogP contribution in [0.4, 0.5) is 0 Å². The van der Waals surface area contributed by atoms with Crippen molar-refractivity contribution < 1.29 is 9.59 Å². The van der Waals surface area contributed by atoms with Crippen molar-refractivity contribution in [2.45, 2.75) is 26.7 Å². The van der Waals surface area contributed by atoms with E-state index in [-0.39, 0.29) is 11.8 Å². The standard InChI is InChI=1S/C10H17N3O2/c1-3-4-9(7-11)10(15)13-6-5-12-8(2)14/h9H,3-6H2,1-2H3,(H,12,14)(H,13,15). The summed E-state index contributed by atoms with van der Waals surface area (Å²) in [6.07, 6.45) is 1.37. The number of amides is 2. The van der Waals surface area contributed by atoms with E-state index in [0.29, 0.717) is 19.5 Å². The summed E-state index contributed by atoms with van der Waals surface area (Å²) in [4.78, 5) is 21.9. The third-order valence-corrected chi connectivity index (χ3v) is 1.85. The van der Waals surface area contributed by atoms with Gasteiger partial charge in [0.15, 0.2) is 0 Å². The average molecular weight is 211 g/mol. The molecule has 1 unspecified atom stereocenters. The predicted octanol–water partition coefficient (Wildman–Crippen LogP) is 0.179. The van der Waals surface area contributed by atoms with Crippen LogP contribution in [0.5, 0.6) is 0 Å². The highest BCUT2D eigenvalue weighted by Gasteiger charge is 2.15. The first kappa shape index (κ1) is 13.4. The number of nitriles is 1. The highest BCUT2D eigenvalue weighted by Crippen LogP contribution is 2.03. The Morgan fingerprint density at radius 2 is 1.93 bits per heavy atom. The Kier molecular flexibility index (Phi) is 6.98. The largest absolute Gasteiger partial charge is 0.355 e. The number of hydrogen-bond acceptors (Lipinski definition) is 3. The van der Waals surface area contributed by atoms with Crippen molar-refractivity contribution in [2.24, 2.45) is 5.92 Å². The van der Waals surface area contributed by atoms with Crippen molar-refractivity contribution in [1.82, 2.24) is 10.6 Å². The molecule has 0 aliphatic rings. The fourth-order valence-electron chi connectivity index (χ4n) is 1.09. The molecule has 0 saturated heterocycles. The van der Waals surface area contributed by atoms with Gasteiger partial charge in [0.25, 0.3) is 0 Å². The summed E-state index contributed by atoms with van der Waals surface area (Å²) in [5, 5.41) is 13.8. The molecule has 0 aromatic rings. The van der Waals surface area contributed by atoms with Gasteiger partial charge in [-0.1, -0.05) is 13.3 Å². The molecule has 2 N–H and O–H groups in total. The number of carbonyl (C=O) groups excluding carboxylic acids is 2. The molecule has 0 heterocycles. The normalized spacial score (nSPS) is 11.3. The molecule has 1 atom stereocenters. The van der Waals surface area contributed by atoms with Gasteiger partial charge in [0.1, 0.15) is 5.92 Å². The van der Waals surface area contributed by atoms with E-state index in [0.717, 1.165) is 6.42 Å². The molecule has 15 heavy (non-hydrogen) atoms. The van der Waals surface area contributed by atoms with Gasteiger partial charge < -0.3 is 10.6 Å². The van der Waals surface area contributed by atoms with E-state index in [1.54, 1.807) is 0 Å². The fraction of sp³-hybridized carbons (Fsp3) is 0.700. The van der Waals surface area contributed by atoms with E-state index in [9.17, 15) is 9.59 Å². The Balaban J connectivity index is 3.72. The molecule has 0 radical (unpaired) electrons. The first-order valence-corrected chi connectivity index (χ1v) is 5.03. The molecule has 0 bridgehead atoms. The Morgan fingerprint density at radius 1 is 1.33 bits per heavy atom. The molecular weight excluding hydrogens is 194 g/mol. The van der Waals surface area contributed by atoms with Gasteiger partial charge in [-0.2, -0.15) is 5.26 Å². The summed E-state index contributed by atoms with van der Waals surface area (Å²) in [7, 11) is 0. The van der Waals surface area contributed by atoms with Crippen LogP contribution in [0.15, 0.2) is 0 Å². The minimum absolute atomic E-state index is 0.130. The molecule has 0 aromatic carbocycles. The van der Waals surface area contributed by atoms with E-state index in [1.807, 2.05) is 13.0 Å². The molecule has 0 rings (SSSR count). The van der Waals surface area contributed by atoms with Crippen molar-refractivity contribution in [1.29, 1.82) is 5.26 Å². The molecule has 5 heteroatoms. The Morgan fingerprint density at radius 3 is 2.40 bits per heavy atom. The number of rotatable bonds is 6.